The van der Waals surface area contributed by atoms with Crippen LogP contribution in [-0.2, 0) is 0 Å². The van der Waals surface area contributed by atoms with Crippen LogP contribution < -0.4 is 21.2 Å². The fraction of sp³-hybridized carbons (Fsp3) is 0.250. The van der Waals surface area contributed by atoms with Crippen LogP contribution in [0.5, 0.6) is 0 Å². The molecule has 4 rings (SSSR count). The van der Waals surface area contributed by atoms with Crippen LogP contribution in [0.2, 0.25) is 0 Å². The molecule has 0 saturated carbocycles. The van der Waals surface area contributed by atoms with E-state index in [4.69, 9.17) is 0 Å². The predicted octanol–water partition coefficient (Wildman–Crippen LogP) is 10.8. The molecule has 4 aromatic carbocycles. The van der Waals surface area contributed by atoms with Crippen LogP contribution >= 0.6 is 91.9 Å². The van der Waals surface area contributed by atoms with Crippen LogP contribution in [0.1, 0.15) is 35.1 Å². The van der Waals surface area contributed by atoms with Gasteiger partial charge in [-0.1, -0.05) is 0 Å². The summed E-state index contributed by atoms with van der Waals surface area (Å²) >= 11 is 11.7. The summed E-state index contributed by atoms with van der Waals surface area (Å²) in [7, 11) is 0. The van der Waals surface area contributed by atoms with Gasteiger partial charge in [-0.25, -0.2) is 0 Å². The van der Waals surface area contributed by atoms with Gasteiger partial charge in [-0.15, -0.1) is 0 Å². The van der Waals surface area contributed by atoms with E-state index in [-0.39, 0.29) is 0 Å². The first kappa shape index (κ1) is 31.6. The molecule has 0 aromatic heterocycles. The number of benzene rings is 4. The molecule has 0 aliphatic carbocycles. The van der Waals surface area contributed by atoms with Crippen molar-refractivity contribution in [1.82, 2.24) is 0 Å². The van der Waals surface area contributed by atoms with Crippen molar-refractivity contribution in [3.8, 4) is 0 Å². The van der Waals surface area contributed by atoms with Crippen molar-refractivity contribution in [2.75, 3.05) is 12.3 Å². The van der Waals surface area contributed by atoms with E-state index in [0.717, 1.165) is 0 Å². The van der Waals surface area contributed by atoms with Crippen LogP contribution in [-0.4, -0.2) is 12.3 Å². The summed E-state index contributed by atoms with van der Waals surface area (Å²) in [5.41, 5.74) is 5.66. The zero-order valence-electron chi connectivity index (χ0n) is 22.5. The van der Waals surface area contributed by atoms with Crippen LogP contribution in [0.15, 0.2) is 97.1 Å². The molecule has 202 valence electrons. The molecule has 0 N–H and O–H groups in total. The Balaban J connectivity index is 1.73. The Hall–Kier alpha value is 0.660. The Morgan fingerprint density at radius 2 is 0.605 bits per heavy atom. The molecule has 6 heteroatoms. The molecule has 0 fully saturated rings. The van der Waals surface area contributed by atoms with Crippen molar-refractivity contribution in [2.24, 2.45) is 0 Å². The molecule has 4 aromatic rings. The monoisotopic (exact) mass is 990 g/mol. The Labute approximate surface area is 281 Å². The first-order valence-electron chi connectivity index (χ1n) is 13.0. The second-order valence-electron chi connectivity index (χ2n) is 10.4. The Bertz CT molecular complexity index is 1250. The number of hydrogen-bond acceptors (Lipinski definition) is 0. The minimum atomic E-state index is -2.45. The number of halogens is 4. The number of rotatable bonds is 9. The van der Waals surface area contributed by atoms with Crippen molar-refractivity contribution in [3.63, 3.8) is 0 Å². The maximum absolute atomic E-state index is 2.91. The second-order valence-corrected chi connectivity index (χ2v) is 54.2. The van der Waals surface area contributed by atoms with Gasteiger partial charge in [-0.3, -0.25) is 0 Å². The molecule has 0 radical (unpaired) electrons. The molecular weight excluding hydrogens is 954 g/mol. The summed E-state index contributed by atoms with van der Waals surface area (Å²) in [4.78, 5) is 0. The number of hydrogen-bond donors (Lipinski definition) is 0. The molecule has 0 nitrogen and oxygen atoms in total. The van der Waals surface area contributed by atoms with Gasteiger partial charge in [0.2, 0.25) is 0 Å². The van der Waals surface area contributed by atoms with E-state index in [1.807, 2.05) is 0 Å². The van der Waals surface area contributed by atoms with Crippen LogP contribution in [0.3, 0.4) is 0 Å². The van der Waals surface area contributed by atoms with E-state index in [0.29, 0.717) is 0 Å². The third kappa shape index (κ3) is 6.07. The minimum absolute atomic E-state index is 1.21. The van der Waals surface area contributed by atoms with Crippen molar-refractivity contribution < 1.29 is 0 Å². The van der Waals surface area contributed by atoms with Crippen LogP contribution in [0.4, 0.5) is 0 Å². The van der Waals surface area contributed by atoms with Gasteiger partial charge in [0, 0.05) is 0 Å². The van der Waals surface area contributed by atoms with Gasteiger partial charge in [0.25, 0.3) is 0 Å². The van der Waals surface area contributed by atoms with Gasteiger partial charge in [-0.05, 0) is 0 Å². The van der Waals surface area contributed by atoms with Crippen LogP contribution in [0.25, 0.3) is 0 Å². The summed E-state index contributed by atoms with van der Waals surface area (Å²) in [6, 6.07) is 36.4. The first-order valence-corrected chi connectivity index (χ1v) is 29.0. The topological polar surface area (TPSA) is 0 Å². The average Bonchev–Trinajstić information content (AvgIpc) is 2.88. The molecule has 0 atom stereocenters. The molecule has 0 amide bonds. The first-order chi connectivity index (χ1) is 17.9. The molecule has 38 heavy (non-hydrogen) atoms. The fourth-order valence-electron chi connectivity index (χ4n) is 5.74. The SMILES string of the molecule is Cc1ccccc1P(I)(I)(CCCCP(I)(I)(c1ccccc1C)c1ccccc1C)c1ccccc1C. The maximum atomic E-state index is 2.91. The third-order valence-corrected chi connectivity index (χ3v) is 34.0. The van der Waals surface area contributed by atoms with Gasteiger partial charge in [-0.2, -0.15) is 0 Å². The predicted molar refractivity (Wildman–Crippen MR) is 212 cm³/mol. The fourth-order valence-corrected chi connectivity index (χ4v) is 30.5. The van der Waals surface area contributed by atoms with E-state index in [1.54, 1.807) is 21.2 Å². The summed E-state index contributed by atoms with van der Waals surface area (Å²) in [5, 5.41) is 6.20. The molecule has 0 aliphatic heterocycles. The molecule has 0 bridgehead atoms. The molecule has 0 unspecified atom stereocenters. The Kier molecular flexibility index (Phi) is 10.1. The zero-order valence-corrected chi connectivity index (χ0v) is 32.9. The summed E-state index contributed by atoms with van der Waals surface area (Å²) in [6.07, 6.45) is 4.86. The van der Waals surface area contributed by atoms with Gasteiger partial charge < -0.3 is 0 Å². The van der Waals surface area contributed by atoms with E-state index in [1.165, 1.54) is 47.4 Å². The van der Waals surface area contributed by atoms with E-state index >= 15 is 0 Å². The summed E-state index contributed by atoms with van der Waals surface area (Å²) < 4.78 is -4.90. The van der Waals surface area contributed by atoms with Crippen LogP contribution in [0, 0.1) is 27.7 Å². The number of unbranched alkanes of at least 4 members (excludes halogenated alkanes) is 1. The van der Waals surface area contributed by atoms with Crippen molar-refractivity contribution >= 4 is 113 Å². The molecule has 0 heterocycles. The molecule has 0 saturated heterocycles. The summed E-state index contributed by atoms with van der Waals surface area (Å²) in [5.74, 6) is 0. The second kappa shape index (κ2) is 12.1. The van der Waals surface area contributed by atoms with E-state index < -0.39 is 3.78 Å². The standard InChI is InChI=1S/C32H36I4P2/c1-25-15-5-9-19-29(25)37(33,34,30-20-10-6-16-26(30)2)23-13-14-24-38(35,36,31-21-11-7-17-27(31)3)32-22-12-8-18-28(32)4/h5-12,15-22H,13-14,23-24H2,1-4H3. The van der Waals surface area contributed by atoms with Crippen molar-refractivity contribution in [1.29, 1.82) is 0 Å². The van der Waals surface area contributed by atoms with Gasteiger partial charge >= 0.3 is 285 Å². The number of aryl methyl sites for hydroxylation is 4. The van der Waals surface area contributed by atoms with Gasteiger partial charge in [0.15, 0.2) is 0 Å². The van der Waals surface area contributed by atoms with Gasteiger partial charge in [0.1, 0.15) is 0 Å². The van der Waals surface area contributed by atoms with E-state index in [9.17, 15) is 0 Å². The third-order valence-electron chi connectivity index (χ3n) is 7.70. The van der Waals surface area contributed by atoms with Gasteiger partial charge in [0.05, 0.1) is 0 Å². The quantitative estimate of drug-likeness (QED) is 0.0891. The Morgan fingerprint density at radius 3 is 0.816 bits per heavy atom. The summed E-state index contributed by atoms with van der Waals surface area (Å²) in [6.45, 7) is 9.19. The van der Waals surface area contributed by atoms with Crippen molar-refractivity contribution in [2.45, 2.75) is 40.5 Å². The zero-order chi connectivity index (χ0) is 27.7. The normalized spacial score (nSPS) is 14.3. The van der Waals surface area contributed by atoms with E-state index in [2.05, 4.69) is 213 Å². The molecular formula is C32H36I4P2. The molecule has 0 aliphatic rings. The molecule has 0 spiro atoms. The average molecular weight is 990 g/mol. The van der Waals surface area contributed by atoms with Crippen molar-refractivity contribution in [3.05, 3.63) is 119 Å². The Morgan fingerprint density at radius 1 is 0.395 bits per heavy atom.